The normalized spacial score (nSPS) is 22.9. The van der Waals surface area contributed by atoms with Crippen molar-refractivity contribution in [1.29, 1.82) is 0 Å². The maximum Gasteiger partial charge on any atom is 0.330 e. The number of nitrogens with zero attached hydrogens (tertiary/aromatic N) is 1. The molecule has 1 aliphatic rings. The molecule has 0 amide bonds. The molecule has 1 aromatic heterocycles. The average molecular weight is 417 g/mol. The van der Waals surface area contributed by atoms with Gasteiger partial charge in [0.25, 0.3) is 5.56 Å². The van der Waals surface area contributed by atoms with Crippen LogP contribution in [0.5, 0.6) is 0 Å². The Balaban J connectivity index is 2.29. The van der Waals surface area contributed by atoms with E-state index in [0.29, 0.717) is 0 Å². The number of esters is 2. The number of ether oxygens (including phenoxy) is 3. The summed E-state index contributed by atoms with van der Waals surface area (Å²) in [4.78, 5) is 49.8. The van der Waals surface area contributed by atoms with Crippen LogP contribution >= 0.6 is 15.9 Å². The van der Waals surface area contributed by atoms with Crippen LogP contribution in [-0.4, -0.2) is 40.3 Å². The molecule has 136 valence electrons. The van der Waals surface area contributed by atoms with E-state index in [1.165, 1.54) is 35.7 Å². The van der Waals surface area contributed by atoms with E-state index in [1.807, 2.05) is 0 Å². The molecule has 9 nitrogen and oxygen atoms in total. The molecule has 3 atom stereocenters. The standard InChI is InChI=1S/C15H17BrN2O7/c1-8(19)23-7-12-11(24-9(2)20)5-13(25-12)18-6-10(3-4-16)14(21)17-15(18)22/h3-4,6,11-13H,5,7H2,1-2H3,(H,17,21,22)/t11-,12+,13+/m0/s1. The number of carbonyl (C=O) groups excluding carboxylic acids is 2. The van der Waals surface area contributed by atoms with Gasteiger partial charge in [0.1, 0.15) is 25.0 Å². The van der Waals surface area contributed by atoms with Crippen LogP contribution < -0.4 is 11.2 Å². The van der Waals surface area contributed by atoms with Crippen molar-refractivity contribution in [2.45, 2.75) is 38.7 Å². The zero-order valence-corrected chi connectivity index (χ0v) is 15.1. The van der Waals surface area contributed by atoms with Gasteiger partial charge < -0.3 is 14.2 Å². The van der Waals surface area contributed by atoms with Crippen LogP contribution in [0.1, 0.15) is 32.1 Å². The van der Waals surface area contributed by atoms with Gasteiger partial charge in [-0.1, -0.05) is 15.9 Å². The molecule has 1 fully saturated rings. The lowest BCUT2D eigenvalue weighted by Crippen LogP contribution is -2.33. The van der Waals surface area contributed by atoms with Gasteiger partial charge in [-0.2, -0.15) is 0 Å². The van der Waals surface area contributed by atoms with Crippen LogP contribution in [0, 0.1) is 0 Å². The quantitative estimate of drug-likeness (QED) is 0.701. The highest BCUT2D eigenvalue weighted by Gasteiger charge is 2.39. The van der Waals surface area contributed by atoms with Gasteiger partial charge in [-0.05, 0) is 11.1 Å². The van der Waals surface area contributed by atoms with E-state index in [9.17, 15) is 19.2 Å². The summed E-state index contributed by atoms with van der Waals surface area (Å²) in [5.41, 5.74) is -0.952. The summed E-state index contributed by atoms with van der Waals surface area (Å²) < 4.78 is 17.0. The third kappa shape index (κ3) is 4.89. The summed E-state index contributed by atoms with van der Waals surface area (Å²) in [6, 6.07) is 0. The van der Waals surface area contributed by atoms with Gasteiger partial charge in [0.2, 0.25) is 0 Å². The first-order chi connectivity index (χ1) is 11.8. The molecule has 0 radical (unpaired) electrons. The van der Waals surface area contributed by atoms with Crippen LogP contribution in [0.4, 0.5) is 0 Å². The van der Waals surface area contributed by atoms with Crippen LogP contribution in [0.15, 0.2) is 20.8 Å². The molecule has 0 saturated carbocycles. The highest BCUT2D eigenvalue weighted by molar-refractivity contribution is 9.11. The molecule has 1 aromatic rings. The third-order valence-corrected chi connectivity index (χ3v) is 3.76. The second-order valence-corrected chi connectivity index (χ2v) is 5.89. The van der Waals surface area contributed by atoms with E-state index in [2.05, 4.69) is 20.9 Å². The minimum absolute atomic E-state index is 0.115. The monoisotopic (exact) mass is 416 g/mol. The summed E-state index contributed by atoms with van der Waals surface area (Å²) in [5, 5.41) is 0. The van der Waals surface area contributed by atoms with Crippen molar-refractivity contribution in [1.82, 2.24) is 9.55 Å². The smallest absolute Gasteiger partial charge is 0.330 e. The predicted octanol–water partition coefficient (Wildman–Crippen LogP) is 0.684. The number of carbonyl (C=O) groups is 2. The summed E-state index contributed by atoms with van der Waals surface area (Å²) >= 11 is 3.07. The zero-order valence-electron chi connectivity index (χ0n) is 13.6. The second kappa shape index (κ2) is 8.26. The Morgan fingerprint density at radius 1 is 1.40 bits per heavy atom. The molecule has 0 spiro atoms. The van der Waals surface area contributed by atoms with E-state index in [0.717, 1.165) is 0 Å². The van der Waals surface area contributed by atoms with Crippen molar-refractivity contribution in [3.8, 4) is 0 Å². The van der Waals surface area contributed by atoms with Gasteiger partial charge in [0.15, 0.2) is 0 Å². The highest BCUT2D eigenvalue weighted by Crippen LogP contribution is 2.30. The number of halogens is 1. The SMILES string of the molecule is CC(=O)OC[C@H]1O[C@@H](n2cc(C=CBr)c(=O)[nH]c2=O)C[C@@H]1OC(C)=O. The Morgan fingerprint density at radius 3 is 2.72 bits per heavy atom. The fourth-order valence-electron chi connectivity index (χ4n) is 2.46. The zero-order chi connectivity index (χ0) is 18.6. The fourth-order valence-corrected chi connectivity index (χ4v) is 2.74. The minimum Gasteiger partial charge on any atom is -0.463 e. The maximum absolute atomic E-state index is 12.1. The lowest BCUT2D eigenvalue weighted by atomic mass is 10.2. The first kappa shape index (κ1) is 19.1. The first-order valence-corrected chi connectivity index (χ1v) is 8.31. The van der Waals surface area contributed by atoms with Crippen molar-refractivity contribution in [3.05, 3.63) is 37.6 Å². The average Bonchev–Trinajstić information content (AvgIpc) is 2.90. The molecule has 25 heavy (non-hydrogen) atoms. The number of hydrogen-bond acceptors (Lipinski definition) is 7. The van der Waals surface area contributed by atoms with E-state index in [4.69, 9.17) is 14.2 Å². The second-order valence-electron chi connectivity index (χ2n) is 5.36. The topological polar surface area (TPSA) is 117 Å². The van der Waals surface area contributed by atoms with Crippen LogP contribution in [-0.2, 0) is 23.8 Å². The molecule has 2 heterocycles. The van der Waals surface area contributed by atoms with Crippen LogP contribution in [0.3, 0.4) is 0 Å². The highest BCUT2D eigenvalue weighted by atomic mass is 79.9. The largest absolute Gasteiger partial charge is 0.463 e. The molecule has 0 bridgehead atoms. The molecular weight excluding hydrogens is 400 g/mol. The predicted molar refractivity (Wildman–Crippen MR) is 90.0 cm³/mol. The number of H-pyrrole nitrogens is 1. The van der Waals surface area contributed by atoms with Crippen molar-refractivity contribution < 1.29 is 23.8 Å². The molecule has 0 aliphatic carbocycles. The number of aromatic amines is 1. The molecule has 0 aromatic carbocycles. The Hall–Kier alpha value is -2.20. The summed E-state index contributed by atoms with van der Waals surface area (Å²) in [6.07, 6.45) is 0.820. The molecule has 1 N–H and O–H groups in total. The van der Waals surface area contributed by atoms with Gasteiger partial charge in [-0.15, -0.1) is 0 Å². The van der Waals surface area contributed by atoms with Crippen LogP contribution in [0.25, 0.3) is 6.08 Å². The van der Waals surface area contributed by atoms with E-state index < -0.39 is 41.6 Å². The number of nitrogens with one attached hydrogen (secondary N) is 1. The van der Waals surface area contributed by atoms with Gasteiger partial charge in [0.05, 0.1) is 5.56 Å². The Bertz CT molecular complexity index is 798. The summed E-state index contributed by atoms with van der Waals surface area (Å²) in [7, 11) is 0. The molecular formula is C15H17BrN2O7. The lowest BCUT2D eigenvalue weighted by Gasteiger charge is -2.17. The third-order valence-electron chi connectivity index (χ3n) is 3.50. The van der Waals surface area contributed by atoms with Crippen LogP contribution in [0.2, 0.25) is 0 Å². The molecule has 1 aliphatic heterocycles. The van der Waals surface area contributed by atoms with Gasteiger partial charge >= 0.3 is 17.6 Å². The molecule has 10 heteroatoms. The number of aromatic nitrogens is 2. The van der Waals surface area contributed by atoms with E-state index in [1.54, 1.807) is 0 Å². The molecule has 1 saturated heterocycles. The fraction of sp³-hybridized carbons (Fsp3) is 0.467. The molecule has 2 rings (SSSR count). The van der Waals surface area contributed by atoms with E-state index >= 15 is 0 Å². The summed E-state index contributed by atoms with van der Waals surface area (Å²) in [5.74, 6) is -1.02. The van der Waals surface area contributed by atoms with Gasteiger partial charge in [-0.3, -0.25) is 23.9 Å². The minimum atomic E-state index is -0.781. The van der Waals surface area contributed by atoms with Crippen molar-refractivity contribution in [2.75, 3.05) is 6.61 Å². The Morgan fingerprint density at radius 2 is 2.12 bits per heavy atom. The Labute approximate surface area is 150 Å². The van der Waals surface area contributed by atoms with Gasteiger partial charge in [-0.25, -0.2) is 4.79 Å². The van der Waals surface area contributed by atoms with Crippen molar-refractivity contribution >= 4 is 33.9 Å². The number of rotatable bonds is 5. The van der Waals surface area contributed by atoms with Crippen molar-refractivity contribution in [3.63, 3.8) is 0 Å². The van der Waals surface area contributed by atoms with Gasteiger partial charge in [0, 0.05) is 26.5 Å². The van der Waals surface area contributed by atoms with E-state index in [-0.39, 0.29) is 18.6 Å². The number of hydrogen-bond donors (Lipinski definition) is 1. The first-order valence-electron chi connectivity index (χ1n) is 7.40. The Kier molecular flexibility index (Phi) is 6.32. The van der Waals surface area contributed by atoms with Crippen molar-refractivity contribution in [2.24, 2.45) is 0 Å². The summed E-state index contributed by atoms with van der Waals surface area (Å²) in [6.45, 7) is 2.38. The lowest BCUT2D eigenvalue weighted by molar-refractivity contribution is -0.155. The maximum atomic E-state index is 12.1. The molecule has 0 unspecified atom stereocenters.